The van der Waals surface area contributed by atoms with Crippen LogP contribution in [0.2, 0.25) is 0 Å². The average Bonchev–Trinajstić information content (AvgIpc) is 2.53. The molecule has 0 aliphatic carbocycles. The molecule has 1 atom stereocenters. The van der Waals surface area contributed by atoms with E-state index in [9.17, 15) is 4.79 Å². The summed E-state index contributed by atoms with van der Waals surface area (Å²) < 4.78 is 0. The topological polar surface area (TPSA) is 41.1 Å². The zero-order chi connectivity index (χ0) is 9.68. The molecular formula is C10H20N2O. The Morgan fingerprint density at radius 2 is 2.38 bits per heavy atom. The van der Waals surface area contributed by atoms with Crippen molar-refractivity contribution in [3.05, 3.63) is 0 Å². The molecule has 1 amide bonds. The second-order valence-electron chi connectivity index (χ2n) is 4.19. The summed E-state index contributed by atoms with van der Waals surface area (Å²) in [5.41, 5.74) is 0. The van der Waals surface area contributed by atoms with Gasteiger partial charge in [-0.1, -0.05) is 13.8 Å². The molecule has 0 aromatic rings. The highest BCUT2D eigenvalue weighted by molar-refractivity contribution is 5.76. The van der Waals surface area contributed by atoms with Gasteiger partial charge < -0.3 is 10.6 Å². The highest BCUT2D eigenvalue weighted by Gasteiger charge is 2.16. The minimum atomic E-state index is 0.211. The molecule has 1 aliphatic heterocycles. The van der Waals surface area contributed by atoms with Crippen molar-refractivity contribution in [1.82, 2.24) is 10.6 Å². The normalized spacial score (nSPS) is 22.2. The Morgan fingerprint density at radius 3 is 2.92 bits per heavy atom. The van der Waals surface area contributed by atoms with Gasteiger partial charge in [-0.15, -0.1) is 0 Å². The van der Waals surface area contributed by atoms with E-state index in [-0.39, 0.29) is 5.91 Å². The summed E-state index contributed by atoms with van der Waals surface area (Å²) in [5.74, 6) is 0.829. The molecule has 0 aromatic heterocycles. The summed E-state index contributed by atoms with van der Waals surface area (Å²) in [6.07, 6.45) is 2.74. The minimum Gasteiger partial charge on any atom is -0.352 e. The fourth-order valence-corrected chi connectivity index (χ4v) is 1.50. The molecule has 2 N–H and O–H groups in total. The van der Waals surface area contributed by atoms with E-state index in [1.54, 1.807) is 0 Å². The molecule has 1 saturated heterocycles. The van der Waals surface area contributed by atoms with Gasteiger partial charge in [-0.25, -0.2) is 0 Å². The number of carbonyl (C=O) groups excluding carboxylic acids is 1. The Morgan fingerprint density at radius 1 is 1.62 bits per heavy atom. The van der Waals surface area contributed by atoms with Gasteiger partial charge in [0, 0.05) is 19.0 Å². The molecule has 3 nitrogen and oxygen atoms in total. The van der Waals surface area contributed by atoms with Crippen LogP contribution >= 0.6 is 0 Å². The largest absolute Gasteiger partial charge is 0.352 e. The molecule has 1 aliphatic rings. The van der Waals surface area contributed by atoms with Crippen LogP contribution in [0.15, 0.2) is 0 Å². The van der Waals surface area contributed by atoms with Crippen molar-refractivity contribution >= 4 is 5.91 Å². The number of carbonyl (C=O) groups is 1. The first-order valence-electron chi connectivity index (χ1n) is 5.18. The Balaban J connectivity index is 2.09. The lowest BCUT2D eigenvalue weighted by Gasteiger charge is -2.11. The first-order valence-corrected chi connectivity index (χ1v) is 5.18. The van der Waals surface area contributed by atoms with Crippen molar-refractivity contribution in [2.75, 3.05) is 13.1 Å². The fraction of sp³-hybridized carbons (Fsp3) is 0.900. The number of hydrogen-bond donors (Lipinski definition) is 2. The van der Waals surface area contributed by atoms with Crippen LogP contribution in [0.1, 0.15) is 33.1 Å². The third-order valence-electron chi connectivity index (χ3n) is 2.37. The summed E-state index contributed by atoms with van der Waals surface area (Å²) in [4.78, 5) is 11.4. The summed E-state index contributed by atoms with van der Waals surface area (Å²) >= 11 is 0. The molecule has 3 heteroatoms. The van der Waals surface area contributed by atoms with Crippen LogP contribution in [0, 0.1) is 5.92 Å². The predicted molar refractivity (Wildman–Crippen MR) is 53.5 cm³/mol. The molecule has 0 bridgehead atoms. The van der Waals surface area contributed by atoms with E-state index in [2.05, 4.69) is 24.5 Å². The maximum Gasteiger partial charge on any atom is 0.220 e. The molecule has 0 spiro atoms. The van der Waals surface area contributed by atoms with Crippen molar-refractivity contribution in [2.24, 2.45) is 5.92 Å². The van der Waals surface area contributed by atoms with Gasteiger partial charge in [0.1, 0.15) is 0 Å². The second-order valence-corrected chi connectivity index (χ2v) is 4.19. The Bertz CT molecular complexity index is 162. The second kappa shape index (κ2) is 5.22. The number of nitrogens with one attached hydrogen (secondary N) is 2. The zero-order valence-electron chi connectivity index (χ0n) is 8.60. The van der Waals surface area contributed by atoms with Crippen LogP contribution in [0.3, 0.4) is 0 Å². The summed E-state index contributed by atoms with van der Waals surface area (Å²) in [5, 5.41) is 6.26. The highest BCUT2D eigenvalue weighted by Crippen LogP contribution is 2.04. The Labute approximate surface area is 80.3 Å². The zero-order valence-corrected chi connectivity index (χ0v) is 8.60. The van der Waals surface area contributed by atoms with Crippen LogP contribution in [-0.2, 0) is 4.79 Å². The first kappa shape index (κ1) is 10.5. The molecular weight excluding hydrogens is 164 g/mol. The molecule has 0 aromatic carbocycles. The molecule has 1 rings (SSSR count). The maximum atomic E-state index is 11.4. The summed E-state index contributed by atoms with van der Waals surface area (Å²) in [7, 11) is 0. The van der Waals surface area contributed by atoms with Gasteiger partial charge in [0.05, 0.1) is 0 Å². The first-order chi connectivity index (χ1) is 6.18. The van der Waals surface area contributed by atoms with E-state index in [1.807, 2.05) is 0 Å². The lowest BCUT2D eigenvalue weighted by molar-refractivity contribution is -0.121. The molecule has 1 fully saturated rings. The van der Waals surface area contributed by atoms with Crippen molar-refractivity contribution in [3.63, 3.8) is 0 Å². The van der Waals surface area contributed by atoms with Crippen molar-refractivity contribution in [2.45, 2.75) is 39.2 Å². The van der Waals surface area contributed by atoms with Crippen molar-refractivity contribution in [1.29, 1.82) is 0 Å². The molecule has 13 heavy (non-hydrogen) atoms. The third-order valence-corrected chi connectivity index (χ3v) is 2.37. The van der Waals surface area contributed by atoms with Gasteiger partial charge in [0.2, 0.25) is 5.91 Å². The smallest absolute Gasteiger partial charge is 0.220 e. The number of hydrogen-bond acceptors (Lipinski definition) is 2. The van der Waals surface area contributed by atoms with E-state index >= 15 is 0 Å². The van der Waals surface area contributed by atoms with Crippen molar-refractivity contribution in [3.8, 4) is 0 Å². The highest BCUT2D eigenvalue weighted by atomic mass is 16.1. The molecule has 1 heterocycles. The van der Waals surface area contributed by atoms with Gasteiger partial charge in [-0.05, 0) is 25.3 Å². The maximum absolute atomic E-state index is 11.4. The summed E-state index contributed by atoms with van der Waals surface area (Å²) in [6.45, 7) is 6.26. The van der Waals surface area contributed by atoms with Gasteiger partial charge in [-0.3, -0.25) is 4.79 Å². The van der Waals surface area contributed by atoms with E-state index < -0.39 is 0 Å². The van der Waals surface area contributed by atoms with E-state index in [4.69, 9.17) is 0 Å². The summed E-state index contributed by atoms with van der Waals surface area (Å²) in [6, 6.07) is 0.375. The quantitative estimate of drug-likeness (QED) is 0.681. The van der Waals surface area contributed by atoms with Gasteiger partial charge in [0.15, 0.2) is 0 Å². The minimum absolute atomic E-state index is 0.211. The molecule has 0 radical (unpaired) electrons. The van der Waals surface area contributed by atoms with Gasteiger partial charge in [-0.2, -0.15) is 0 Å². The van der Waals surface area contributed by atoms with Gasteiger partial charge in [0.25, 0.3) is 0 Å². The molecule has 0 unspecified atom stereocenters. The number of amides is 1. The fourth-order valence-electron chi connectivity index (χ4n) is 1.50. The van der Waals surface area contributed by atoms with Crippen LogP contribution in [0.25, 0.3) is 0 Å². The van der Waals surface area contributed by atoms with Crippen LogP contribution in [-0.4, -0.2) is 25.0 Å². The average molecular weight is 184 g/mol. The van der Waals surface area contributed by atoms with Crippen LogP contribution in [0.4, 0.5) is 0 Å². The van der Waals surface area contributed by atoms with Gasteiger partial charge >= 0.3 is 0 Å². The van der Waals surface area contributed by atoms with Crippen molar-refractivity contribution < 1.29 is 4.79 Å². The lowest BCUT2D eigenvalue weighted by atomic mass is 10.1. The third kappa shape index (κ3) is 4.27. The lowest BCUT2D eigenvalue weighted by Crippen LogP contribution is -2.36. The molecule has 76 valence electrons. The number of rotatable bonds is 4. The Kier molecular flexibility index (Phi) is 4.22. The van der Waals surface area contributed by atoms with E-state index in [0.29, 0.717) is 18.4 Å². The standard InChI is InChI=1S/C10H20N2O/c1-8(2)3-4-10(13)12-9-5-6-11-7-9/h8-9,11H,3-7H2,1-2H3,(H,12,13)/t9-/m0/s1. The SMILES string of the molecule is CC(C)CCC(=O)N[C@H]1CCNC1. The monoisotopic (exact) mass is 184 g/mol. The van der Waals surface area contributed by atoms with E-state index in [1.165, 1.54) is 0 Å². The van der Waals surface area contributed by atoms with Crippen LogP contribution in [0.5, 0.6) is 0 Å². The van der Waals surface area contributed by atoms with Crippen LogP contribution < -0.4 is 10.6 Å². The molecule has 0 saturated carbocycles. The predicted octanol–water partition coefficient (Wildman–Crippen LogP) is 0.901. The Hall–Kier alpha value is -0.570. The van der Waals surface area contributed by atoms with E-state index in [0.717, 1.165) is 25.9 Å².